The zero-order valence-electron chi connectivity index (χ0n) is 13.4. The molecule has 1 aliphatic heterocycles. The van der Waals surface area contributed by atoms with Crippen LogP contribution in [-0.2, 0) is 15.9 Å². The van der Waals surface area contributed by atoms with Gasteiger partial charge in [0, 0.05) is 6.54 Å². The van der Waals surface area contributed by atoms with Crippen molar-refractivity contribution in [3.8, 4) is 0 Å². The first-order valence-electron chi connectivity index (χ1n) is 7.23. The largest absolute Gasteiger partial charge is 0.453 e. The number of nitrogens with zero attached hydrogens (tertiary/aromatic N) is 1. The van der Waals surface area contributed by atoms with E-state index in [-0.39, 0.29) is 6.04 Å². The molecule has 1 aliphatic rings. The second kappa shape index (κ2) is 6.25. The highest BCUT2D eigenvalue weighted by Gasteiger charge is 2.32. The average Bonchev–Trinajstić information content (AvgIpc) is 2.44. The number of para-hydroxylation sites is 1. The molecule has 1 aromatic rings. The quantitative estimate of drug-likeness (QED) is 0.866. The number of amides is 2. The molecular weight excluding hydrogens is 284 g/mol. The predicted molar refractivity (Wildman–Crippen MR) is 83.1 cm³/mol. The number of fused-ring (bicyclic) bond motifs is 1. The number of hydrogen-bond acceptors (Lipinski definition) is 4. The molecule has 0 radical (unpaired) electrons. The zero-order chi connectivity index (χ0) is 16.3. The molecule has 6 nitrogen and oxygen atoms in total. The van der Waals surface area contributed by atoms with Crippen LogP contribution in [0, 0.1) is 0 Å². The summed E-state index contributed by atoms with van der Waals surface area (Å²) < 4.78 is 10.1. The third-order valence-corrected chi connectivity index (χ3v) is 3.27. The number of carbonyl (C=O) groups excluding carboxylic acids is 2. The Balaban J connectivity index is 2.23. The summed E-state index contributed by atoms with van der Waals surface area (Å²) in [4.78, 5) is 25.4. The Bertz CT molecular complexity index is 566. The van der Waals surface area contributed by atoms with Gasteiger partial charge >= 0.3 is 12.2 Å². The van der Waals surface area contributed by atoms with Crippen molar-refractivity contribution in [2.75, 3.05) is 18.6 Å². The van der Waals surface area contributed by atoms with E-state index in [4.69, 9.17) is 4.74 Å². The van der Waals surface area contributed by atoms with Crippen LogP contribution < -0.4 is 10.2 Å². The summed E-state index contributed by atoms with van der Waals surface area (Å²) >= 11 is 0. The molecule has 6 heteroatoms. The predicted octanol–water partition coefficient (Wildman–Crippen LogP) is 2.71. The molecule has 1 N–H and O–H groups in total. The molecule has 0 fully saturated rings. The van der Waals surface area contributed by atoms with Crippen LogP contribution in [0.3, 0.4) is 0 Å². The third-order valence-electron chi connectivity index (χ3n) is 3.27. The maximum Gasteiger partial charge on any atom is 0.414 e. The van der Waals surface area contributed by atoms with Crippen molar-refractivity contribution in [2.24, 2.45) is 0 Å². The molecule has 2 rings (SSSR count). The summed E-state index contributed by atoms with van der Waals surface area (Å²) in [6.45, 7) is 5.82. The molecule has 0 bridgehead atoms. The van der Waals surface area contributed by atoms with Crippen LogP contribution in [0.1, 0.15) is 26.3 Å². The molecule has 0 saturated carbocycles. The first-order valence-corrected chi connectivity index (χ1v) is 7.23. The van der Waals surface area contributed by atoms with Crippen LogP contribution in [0.4, 0.5) is 15.3 Å². The van der Waals surface area contributed by atoms with E-state index in [1.807, 2.05) is 45.0 Å². The molecule has 0 aromatic heterocycles. The number of methoxy groups -OCH3 is 1. The average molecular weight is 306 g/mol. The number of ether oxygens (including phenoxy) is 2. The molecule has 1 aromatic carbocycles. The van der Waals surface area contributed by atoms with Gasteiger partial charge in [-0.3, -0.25) is 4.90 Å². The monoisotopic (exact) mass is 306 g/mol. The summed E-state index contributed by atoms with van der Waals surface area (Å²) in [6.07, 6.45) is -0.283. The Morgan fingerprint density at radius 1 is 1.27 bits per heavy atom. The molecule has 0 aliphatic carbocycles. The maximum absolute atomic E-state index is 12.4. The number of nitrogens with one attached hydrogen (secondary N) is 1. The van der Waals surface area contributed by atoms with Gasteiger partial charge in [0.1, 0.15) is 5.60 Å². The van der Waals surface area contributed by atoms with Gasteiger partial charge in [-0.25, -0.2) is 9.59 Å². The summed E-state index contributed by atoms with van der Waals surface area (Å²) in [5.74, 6) is 0. The van der Waals surface area contributed by atoms with Gasteiger partial charge in [0.25, 0.3) is 0 Å². The second-order valence-electron chi connectivity index (χ2n) is 6.26. The SMILES string of the molecule is COC(=O)N[C@@H]1Cc2ccccc2N(C(=O)OC(C)(C)C)C1. The smallest absolute Gasteiger partial charge is 0.414 e. The number of rotatable bonds is 1. The highest BCUT2D eigenvalue weighted by atomic mass is 16.6. The van der Waals surface area contributed by atoms with E-state index in [0.717, 1.165) is 11.3 Å². The Morgan fingerprint density at radius 3 is 2.59 bits per heavy atom. The van der Waals surface area contributed by atoms with E-state index >= 15 is 0 Å². The fourth-order valence-electron chi connectivity index (χ4n) is 2.41. The molecule has 0 saturated heterocycles. The summed E-state index contributed by atoms with van der Waals surface area (Å²) in [5.41, 5.74) is 1.23. The van der Waals surface area contributed by atoms with E-state index < -0.39 is 17.8 Å². The summed E-state index contributed by atoms with van der Waals surface area (Å²) in [6, 6.07) is 7.40. The lowest BCUT2D eigenvalue weighted by molar-refractivity contribution is 0.0572. The Hall–Kier alpha value is -2.24. The van der Waals surface area contributed by atoms with Crippen LogP contribution in [0.2, 0.25) is 0 Å². The van der Waals surface area contributed by atoms with Crippen LogP contribution in [0.15, 0.2) is 24.3 Å². The van der Waals surface area contributed by atoms with Gasteiger partial charge in [0.15, 0.2) is 0 Å². The Kier molecular flexibility index (Phi) is 4.59. The van der Waals surface area contributed by atoms with Crippen molar-refractivity contribution in [3.63, 3.8) is 0 Å². The van der Waals surface area contributed by atoms with Crippen molar-refractivity contribution >= 4 is 17.9 Å². The first kappa shape index (κ1) is 16.1. The lowest BCUT2D eigenvalue weighted by Gasteiger charge is -2.35. The van der Waals surface area contributed by atoms with Crippen LogP contribution in [0.5, 0.6) is 0 Å². The Morgan fingerprint density at radius 2 is 1.95 bits per heavy atom. The highest BCUT2D eigenvalue weighted by molar-refractivity contribution is 5.90. The van der Waals surface area contributed by atoms with E-state index in [0.29, 0.717) is 13.0 Å². The van der Waals surface area contributed by atoms with E-state index in [2.05, 4.69) is 10.1 Å². The van der Waals surface area contributed by atoms with Crippen molar-refractivity contribution in [2.45, 2.75) is 38.8 Å². The molecule has 22 heavy (non-hydrogen) atoms. The van der Waals surface area contributed by atoms with Crippen molar-refractivity contribution < 1.29 is 19.1 Å². The van der Waals surface area contributed by atoms with Gasteiger partial charge in [-0.2, -0.15) is 0 Å². The lowest BCUT2D eigenvalue weighted by atomic mass is 9.98. The maximum atomic E-state index is 12.4. The molecule has 0 spiro atoms. The number of carbonyl (C=O) groups is 2. The van der Waals surface area contributed by atoms with Crippen molar-refractivity contribution in [1.29, 1.82) is 0 Å². The number of benzene rings is 1. The molecule has 120 valence electrons. The lowest BCUT2D eigenvalue weighted by Crippen LogP contribution is -2.51. The fraction of sp³-hybridized carbons (Fsp3) is 0.500. The van der Waals surface area contributed by atoms with Gasteiger partial charge < -0.3 is 14.8 Å². The second-order valence-corrected chi connectivity index (χ2v) is 6.26. The molecule has 1 heterocycles. The minimum absolute atomic E-state index is 0.213. The van der Waals surface area contributed by atoms with Crippen molar-refractivity contribution in [1.82, 2.24) is 5.32 Å². The Labute approximate surface area is 130 Å². The first-order chi connectivity index (χ1) is 10.3. The fourth-order valence-corrected chi connectivity index (χ4v) is 2.41. The van der Waals surface area contributed by atoms with E-state index in [1.165, 1.54) is 7.11 Å². The molecule has 1 atom stereocenters. The van der Waals surface area contributed by atoms with E-state index in [9.17, 15) is 9.59 Å². The van der Waals surface area contributed by atoms with E-state index in [1.54, 1.807) is 4.90 Å². The summed E-state index contributed by atoms with van der Waals surface area (Å²) in [7, 11) is 1.32. The van der Waals surface area contributed by atoms with Crippen LogP contribution >= 0.6 is 0 Å². The topological polar surface area (TPSA) is 67.9 Å². The van der Waals surface area contributed by atoms with Crippen LogP contribution in [-0.4, -0.2) is 37.5 Å². The molecular formula is C16H22N2O4. The summed E-state index contributed by atoms with van der Waals surface area (Å²) in [5, 5.41) is 2.75. The number of anilines is 1. The third kappa shape index (κ3) is 3.90. The number of hydrogen-bond donors (Lipinski definition) is 1. The molecule has 2 amide bonds. The van der Waals surface area contributed by atoms with Gasteiger partial charge in [-0.15, -0.1) is 0 Å². The minimum Gasteiger partial charge on any atom is -0.453 e. The highest BCUT2D eigenvalue weighted by Crippen LogP contribution is 2.28. The minimum atomic E-state index is -0.575. The van der Waals surface area contributed by atoms with Crippen LogP contribution in [0.25, 0.3) is 0 Å². The number of alkyl carbamates (subject to hydrolysis) is 1. The van der Waals surface area contributed by atoms with Crippen molar-refractivity contribution in [3.05, 3.63) is 29.8 Å². The van der Waals surface area contributed by atoms with Gasteiger partial charge in [-0.05, 0) is 38.8 Å². The zero-order valence-corrected chi connectivity index (χ0v) is 13.4. The molecule has 0 unspecified atom stereocenters. The van der Waals surface area contributed by atoms with Gasteiger partial charge in [0.2, 0.25) is 0 Å². The normalized spacial score (nSPS) is 17.5. The van der Waals surface area contributed by atoms with Gasteiger partial charge in [0.05, 0.1) is 18.8 Å². The standard InChI is InChI=1S/C16H22N2O4/c1-16(2,3)22-15(20)18-10-12(17-14(19)21-4)9-11-7-5-6-8-13(11)18/h5-8,12H,9-10H2,1-4H3,(H,17,19)/t12-/m1/s1. The van der Waals surface area contributed by atoms with Gasteiger partial charge in [-0.1, -0.05) is 18.2 Å².